The molecule has 4 nitrogen and oxygen atoms in total. The molecule has 0 unspecified atom stereocenters. The molecule has 0 aliphatic carbocycles. The van der Waals surface area contributed by atoms with Gasteiger partial charge in [-0.3, -0.25) is 14.5 Å². The van der Waals surface area contributed by atoms with Gasteiger partial charge < -0.3 is 4.90 Å². The topological polar surface area (TPSA) is 40.6 Å². The van der Waals surface area contributed by atoms with Crippen LogP contribution in [0.25, 0.3) is 0 Å². The summed E-state index contributed by atoms with van der Waals surface area (Å²) < 4.78 is 0. The van der Waals surface area contributed by atoms with Crippen LogP contribution in [0.5, 0.6) is 0 Å². The van der Waals surface area contributed by atoms with Crippen LogP contribution in [0.4, 0.5) is 5.69 Å². The molecule has 0 spiro atoms. The molecule has 5 heteroatoms. The number of carbonyl (C=O) groups is 2. The van der Waals surface area contributed by atoms with E-state index in [9.17, 15) is 9.59 Å². The Labute approximate surface area is 180 Å². The summed E-state index contributed by atoms with van der Waals surface area (Å²) in [5.74, 6) is -0.483. The Morgan fingerprint density at radius 2 is 1.33 bits per heavy atom. The highest BCUT2D eigenvalue weighted by Crippen LogP contribution is 2.37. The molecule has 1 aliphatic heterocycles. The fourth-order valence-corrected chi connectivity index (χ4v) is 4.45. The van der Waals surface area contributed by atoms with E-state index in [1.807, 2.05) is 103 Å². The summed E-state index contributed by atoms with van der Waals surface area (Å²) >= 11 is 1.35. The first-order chi connectivity index (χ1) is 14.6. The summed E-state index contributed by atoms with van der Waals surface area (Å²) in [5.41, 5.74) is 2.39. The van der Waals surface area contributed by atoms with Crippen molar-refractivity contribution in [2.24, 2.45) is 0 Å². The number of nitrogens with zero attached hydrogens (tertiary/aromatic N) is 2. The molecule has 0 atom stereocenters. The van der Waals surface area contributed by atoms with Gasteiger partial charge in [-0.2, -0.15) is 0 Å². The van der Waals surface area contributed by atoms with Crippen molar-refractivity contribution in [1.29, 1.82) is 0 Å². The zero-order valence-corrected chi connectivity index (χ0v) is 17.5. The van der Waals surface area contributed by atoms with Gasteiger partial charge in [0.05, 0.1) is 0 Å². The quantitative estimate of drug-likeness (QED) is 0.524. The van der Waals surface area contributed by atoms with Crippen molar-refractivity contribution >= 4 is 29.3 Å². The fraction of sp³-hybridized carbons (Fsp3) is 0.120. The van der Waals surface area contributed by atoms with Crippen LogP contribution in [0.2, 0.25) is 0 Å². The third-order valence-corrected chi connectivity index (χ3v) is 6.09. The van der Waals surface area contributed by atoms with Gasteiger partial charge in [0.2, 0.25) is 0 Å². The van der Waals surface area contributed by atoms with E-state index in [2.05, 4.69) is 0 Å². The van der Waals surface area contributed by atoms with Gasteiger partial charge in [-0.05, 0) is 36.2 Å². The van der Waals surface area contributed by atoms with Crippen molar-refractivity contribution in [3.05, 3.63) is 107 Å². The van der Waals surface area contributed by atoms with Crippen molar-refractivity contribution in [3.8, 4) is 0 Å². The van der Waals surface area contributed by atoms with Crippen molar-refractivity contribution in [2.75, 3.05) is 18.5 Å². The Hall–Kier alpha value is -3.31. The van der Waals surface area contributed by atoms with Crippen molar-refractivity contribution < 1.29 is 9.59 Å². The summed E-state index contributed by atoms with van der Waals surface area (Å²) in [6, 6.07) is 29.2. The minimum atomic E-state index is -0.249. The van der Waals surface area contributed by atoms with Gasteiger partial charge in [0.15, 0.2) is 0 Å². The van der Waals surface area contributed by atoms with Crippen molar-refractivity contribution in [1.82, 2.24) is 4.90 Å². The summed E-state index contributed by atoms with van der Waals surface area (Å²) in [6.07, 6.45) is 0.629. The van der Waals surface area contributed by atoms with E-state index in [1.165, 1.54) is 16.7 Å². The van der Waals surface area contributed by atoms with Gasteiger partial charge in [-0.1, -0.05) is 78.5 Å². The maximum absolute atomic E-state index is 13.3. The summed E-state index contributed by atoms with van der Waals surface area (Å²) in [5, 5.41) is 0. The molecule has 0 N–H and O–H groups in total. The van der Waals surface area contributed by atoms with E-state index < -0.39 is 0 Å². The Kier molecular flexibility index (Phi) is 6.00. The van der Waals surface area contributed by atoms with E-state index in [1.54, 1.807) is 0 Å². The number of para-hydroxylation sites is 1. The van der Waals surface area contributed by atoms with Crippen molar-refractivity contribution in [2.45, 2.75) is 11.3 Å². The standard InChI is InChI=1S/C25H22N2O2S/c1-26(20-13-7-3-8-14-20)22-23(30-21-15-9-4-10-16-21)25(29)27(24(22)28)18-17-19-11-5-2-6-12-19/h2-16H,17-18H2,1H3. The number of likely N-dealkylation sites (N-methyl/N-ethyl adjacent to an activating group) is 1. The number of hydrogen-bond acceptors (Lipinski definition) is 4. The van der Waals surface area contributed by atoms with Gasteiger partial charge >= 0.3 is 0 Å². The summed E-state index contributed by atoms with van der Waals surface area (Å²) in [6.45, 7) is 0.354. The Morgan fingerprint density at radius 1 is 0.767 bits per heavy atom. The van der Waals surface area contributed by atoms with Gasteiger partial charge in [0.1, 0.15) is 10.6 Å². The molecule has 0 saturated heterocycles. The molecular weight excluding hydrogens is 392 g/mol. The number of amides is 2. The lowest BCUT2D eigenvalue weighted by molar-refractivity contribution is -0.137. The van der Waals surface area contributed by atoms with Crippen molar-refractivity contribution in [3.63, 3.8) is 0 Å². The second-order valence-corrected chi connectivity index (χ2v) is 8.07. The minimum Gasteiger partial charge on any atom is -0.339 e. The Balaban J connectivity index is 1.65. The van der Waals surface area contributed by atoms with Crippen LogP contribution in [0.15, 0.2) is 106 Å². The molecule has 0 radical (unpaired) electrons. The van der Waals surface area contributed by atoms with Crippen LogP contribution in [0, 0.1) is 0 Å². The Morgan fingerprint density at radius 3 is 1.97 bits per heavy atom. The minimum absolute atomic E-state index is 0.234. The molecule has 0 saturated carbocycles. The molecule has 4 rings (SSSR count). The van der Waals surface area contributed by atoms with Gasteiger partial charge in [-0.15, -0.1) is 0 Å². The smallest absolute Gasteiger partial charge is 0.278 e. The second-order valence-electron chi connectivity index (χ2n) is 6.98. The highest BCUT2D eigenvalue weighted by molar-refractivity contribution is 8.04. The molecule has 1 aliphatic rings. The van der Waals surface area contributed by atoms with Crippen LogP contribution in [-0.4, -0.2) is 30.3 Å². The van der Waals surface area contributed by atoms with E-state index in [-0.39, 0.29) is 11.8 Å². The van der Waals surface area contributed by atoms with Crippen LogP contribution in [-0.2, 0) is 16.0 Å². The van der Waals surface area contributed by atoms with E-state index >= 15 is 0 Å². The van der Waals surface area contributed by atoms with Gasteiger partial charge in [0, 0.05) is 24.2 Å². The SMILES string of the molecule is CN(C1=C(Sc2ccccc2)C(=O)N(CCc2ccccc2)C1=O)c1ccccc1. The van der Waals surface area contributed by atoms with E-state index in [4.69, 9.17) is 0 Å². The molecule has 30 heavy (non-hydrogen) atoms. The number of imide groups is 1. The second kappa shape index (κ2) is 9.01. The lowest BCUT2D eigenvalue weighted by Gasteiger charge is -2.21. The maximum Gasteiger partial charge on any atom is 0.278 e. The molecule has 3 aromatic rings. The van der Waals surface area contributed by atoms with E-state index in [0.29, 0.717) is 23.6 Å². The number of rotatable bonds is 7. The first-order valence-electron chi connectivity index (χ1n) is 9.81. The zero-order valence-electron chi connectivity index (χ0n) is 16.7. The number of thioether (sulfide) groups is 1. The number of hydrogen-bond donors (Lipinski definition) is 0. The van der Waals surface area contributed by atoms with Gasteiger partial charge in [0.25, 0.3) is 11.8 Å². The first-order valence-corrected chi connectivity index (χ1v) is 10.6. The molecule has 0 fully saturated rings. The normalized spacial score (nSPS) is 13.8. The zero-order chi connectivity index (χ0) is 20.9. The van der Waals surface area contributed by atoms with Crippen LogP contribution in [0.3, 0.4) is 0 Å². The third-order valence-electron chi connectivity index (χ3n) is 5.01. The highest BCUT2D eigenvalue weighted by Gasteiger charge is 2.40. The van der Waals surface area contributed by atoms with Crippen LogP contribution < -0.4 is 4.90 Å². The molecule has 2 amide bonds. The van der Waals surface area contributed by atoms with Gasteiger partial charge in [-0.25, -0.2) is 0 Å². The predicted octanol–water partition coefficient (Wildman–Crippen LogP) is 4.74. The molecule has 1 heterocycles. The van der Waals surface area contributed by atoms with Crippen LogP contribution in [0.1, 0.15) is 5.56 Å². The molecule has 0 bridgehead atoms. The number of anilines is 1. The summed E-state index contributed by atoms with van der Waals surface area (Å²) in [4.78, 5) is 31.2. The molecule has 150 valence electrons. The maximum atomic E-state index is 13.3. The monoisotopic (exact) mass is 414 g/mol. The highest BCUT2D eigenvalue weighted by atomic mass is 32.2. The lowest BCUT2D eigenvalue weighted by Crippen LogP contribution is -2.35. The average molecular weight is 415 g/mol. The molecular formula is C25H22N2O2S. The Bertz CT molecular complexity index is 1070. The number of carbonyl (C=O) groups excluding carboxylic acids is 2. The largest absolute Gasteiger partial charge is 0.339 e. The number of benzene rings is 3. The molecule has 0 aromatic heterocycles. The third kappa shape index (κ3) is 4.16. The molecule has 3 aromatic carbocycles. The first kappa shape index (κ1) is 20.0. The summed E-state index contributed by atoms with van der Waals surface area (Å²) in [7, 11) is 1.84. The fourth-order valence-electron chi connectivity index (χ4n) is 3.40. The van der Waals surface area contributed by atoms with E-state index in [0.717, 1.165) is 16.1 Å². The van der Waals surface area contributed by atoms with Crippen LogP contribution >= 0.6 is 11.8 Å². The predicted molar refractivity (Wildman–Crippen MR) is 121 cm³/mol. The average Bonchev–Trinajstić information content (AvgIpc) is 3.03. The lowest BCUT2D eigenvalue weighted by atomic mass is 10.1.